The number of carbonyl (C=O) groups excluding carboxylic acids is 1. The molecule has 3 nitrogen and oxygen atoms in total. The lowest BCUT2D eigenvalue weighted by Gasteiger charge is -2.24. The third-order valence-corrected chi connectivity index (χ3v) is 4.37. The summed E-state index contributed by atoms with van der Waals surface area (Å²) in [5.74, 6) is -0.306. The van der Waals surface area contributed by atoms with Crippen LogP contribution in [0.1, 0.15) is 36.5 Å². The van der Waals surface area contributed by atoms with Crippen LogP contribution in [0.4, 0.5) is 0 Å². The van der Waals surface area contributed by atoms with E-state index in [2.05, 4.69) is 5.32 Å². The summed E-state index contributed by atoms with van der Waals surface area (Å²) in [7, 11) is 0. The standard InChI is InChI=1S/C17H21NO2S/c1-12-5-4-6-14(9-12)13(2)16(19)18-11-17(3,20)15-7-8-21-10-15/h4-10,13,20H,11H2,1-3H3,(H,18,19). The average Bonchev–Trinajstić information content (AvgIpc) is 2.99. The zero-order valence-corrected chi connectivity index (χ0v) is 13.4. The maximum atomic E-state index is 12.3. The fraction of sp³-hybridized carbons (Fsp3) is 0.353. The van der Waals surface area contributed by atoms with Gasteiger partial charge < -0.3 is 10.4 Å². The van der Waals surface area contributed by atoms with Crippen molar-refractivity contribution in [1.29, 1.82) is 0 Å². The summed E-state index contributed by atoms with van der Waals surface area (Å²) >= 11 is 1.53. The fourth-order valence-electron chi connectivity index (χ4n) is 2.18. The minimum atomic E-state index is -1.04. The predicted octanol–water partition coefficient (Wildman–Crippen LogP) is 3.18. The van der Waals surface area contributed by atoms with Crippen LogP contribution >= 0.6 is 11.3 Å². The molecule has 1 amide bonds. The van der Waals surface area contributed by atoms with Gasteiger partial charge >= 0.3 is 0 Å². The number of hydrogen-bond donors (Lipinski definition) is 2. The fourth-order valence-corrected chi connectivity index (χ4v) is 2.96. The first-order chi connectivity index (χ1) is 9.90. The normalized spacial score (nSPS) is 15.2. The molecule has 1 aromatic heterocycles. The number of amides is 1. The number of nitrogens with one attached hydrogen (secondary N) is 1. The molecule has 2 aromatic rings. The van der Waals surface area contributed by atoms with Crippen molar-refractivity contribution < 1.29 is 9.90 Å². The van der Waals surface area contributed by atoms with E-state index in [1.807, 2.05) is 54.9 Å². The third kappa shape index (κ3) is 3.93. The minimum Gasteiger partial charge on any atom is -0.384 e. The molecular weight excluding hydrogens is 282 g/mol. The molecule has 2 atom stereocenters. The summed E-state index contributed by atoms with van der Waals surface area (Å²) in [4.78, 5) is 12.3. The second-order valence-corrected chi connectivity index (χ2v) is 6.42. The molecule has 2 rings (SSSR count). The number of benzene rings is 1. The molecule has 0 aliphatic heterocycles. The van der Waals surface area contributed by atoms with Crippen molar-refractivity contribution in [2.75, 3.05) is 6.54 Å². The summed E-state index contributed by atoms with van der Waals surface area (Å²) in [6.07, 6.45) is 0. The monoisotopic (exact) mass is 303 g/mol. The Hall–Kier alpha value is -1.65. The maximum absolute atomic E-state index is 12.3. The van der Waals surface area contributed by atoms with Crippen molar-refractivity contribution in [1.82, 2.24) is 5.32 Å². The molecule has 0 radical (unpaired) electrons. The molecule has 0 fully saturated rings. The molecule has 2 unspecified atom stereocenters. The zero-order valence-electron chi connectivity index (χ0n) is 12.6. The van der Waals surface area contributed by atoms with Gasteiger partial charge in [0.05, 0.1) is 12.5 Å². The van der Waals surface area contributed by atoms with Crippen LogP contribution in [-0.4, -0.2) is 17.6 Å². The Morgan fingerprint density at radius 3 is 2.81 bits per heavy atom. The van der Waals surface area contributed by atoms with Crippen molar-refractivity contribution in [2.45, 2.75) is 32.3 Å². The van der Waals surface area contributed by atoms with E-state index in [-0.39, 0.29) is 18.4 Å². The highest BCUT2D eigenvalue weighted by Crippen LogP contribution is 2.23. The van der Waals surface area contributed by atoms with Gasteiger partial charge in [0.15, 0.2) is 0 Å². The maximum Gasteiger partial charge on any atom is 0.227 e. The summed E-state index contributed by atoms with van der Waals surface area (Å²) in [5, 5.41) is 17.1. The molecule has 0 bridgehead atoms. The van der Waals surface area contributed by atoms with Crippen LogP contribution in [0.2, 0.25) is 0 Å². The lowest BCUT2D eigenvalue weighted by Crippen LogP contribution is -2.40. The summed E-state index contributed by atoms with van der Waals surface area (Å²) in [5.41, 5.74) is 1.92. The van der Waals surface area contributed by atoms with Gasteiger partial charge in [-0.3, -0.25) is 4.79 Å². The van der Waals surface area contributed by atoms with Gasteiger partial charge in [0.1, 0.15) is 5.60 Å². The third-order valence-electron chi connectivity index (χ3n) is 3.69. The molecule has 2 N–H and O–H groups in total. The van der Waals surface area contributed by atoms with Crippen molar-refractivity contribution in [3.63, 3.8) is 0 Å². The molecule has 1 aromatic carbocycles. The van der Waals surface area contributed by atoms with E-state index in [1.54, 1.807) is 6.92 Å². The molecular formula is C17H21NO2S. The Kier molecular flexibility index (Phi) is 4.80. The van der Waals surface area contributed by atoms with Crippen molar-refractivity contribution in [3.05, 3.63) is 57.8 Å². The number of aliphatic hydroxyl groups is 1. The molecule has 1 heterocycles. The van der Waals surface area contributed by atoms with E-state index >= 15 is 0 Å². The van der Waals surface area contributed by atoms with E-state index < -0.39 is 5.60 Å². The second-order valence-electron chi connectivity index (χ2n) is 5.64. The number of thiophene rings is 1. The minimum absolute atomic E-state index is 0.0731. The largest absolute Gasteiger partial charge is 0.384 e. The molecule has 0 saturated heterocycles. The van der Waals surface area contributed by atoms with Gasteiger partial charge in [0.25, 0.3) is 0 Å². The highest BCUT2D eigenvalue weighted by atomic mass is 32.1. The lowest BCUT2D eigenvalue weighted by atomic mass is 9.96. The van der Waals surface area contributed by atoms with Gasteiger partial charge in [-0.2, -0.15) is 11.3 Å². The van der Waals surface area contributed by atoms with Crippen LogP contribution in [0.25, 0.3) is 0 Å². The van der Waals surface area contributed by atoms with Crippen LogP contribution in [0.15, 0.2) is 41.1 Å². The lowest BCUT2D eigenvalue weighted by molar-refractivity contribution is -0.123. The molecule has 0 spiro atoms. The van der Waals surface area contributed by atoms with Gasteiger partial charge in [-0.15, -0.1) is 0 Å². The first-order valence-electron chi connectivity index (χ1n) is 6.99. The van der Waals surface area contributed by atoms with Gasteiger partial charge in [0, 0.05) is 0 Å². The van der Waals surface area contributed by atoms with Crippen LogP contribution in [0.5, 0.6) is 0 Å². The molecule has 0 aliphatic rings. The van der Waals surface area contributed by atoms with Crippen LogP contribution < -0.4 is 5.32 Å². The molecule has 4 heteroatoms. The van der Waals surface area contributed by atoms with Gasteiger partial charge in [-0.1, -0.05) is 29.8 Å². The van der Waals surface area contributed by atoms with Crippen LogP contribution in [-0.2, 0) is 10.4 Å². The van der Waals surface area contributed by atoms with E-state index in [4.69, 9.17) is 0 Å². The van der Waals surface area contributed by atoms with Gasteiger partial charge in [-0.05, 0) is 48.7 Å². The Morgan fingerprint density at radius 2 is 2.19 bits per heavy atom. The molecule has 21 heavy (non-hydrogen) atoms. The quantitative estimate of drug-likeness (QED) is 0.891. The van der Waals surface area contributed by atoms with Crippen molar-refractivity contribution in [3.8, 4) is 0 Å². The predicted molar refractivity (Wildman–Crippen MR) is 86.5 cm³/mol. The Bertz CT molecular complexity index is 605. The van der Waals surface area contributed by atoms with Crippen LogP contribution in [0.3, 0.4) is 0 Å². The first kappa shape index (κ1) is 15.7. The summed E-state index contributed by atoms with van der Waals surface area (Å²) < 4.78 is 0. The molecule has 0 saturated carbocycles. The SMILES string of the molecule is Cc1cccc(C(C)C(=O)NCC(C)(O)c2ccsc2)c1. The summed E-state index contributed by atoms with van der Waals surface area (Å²) in [6, 6.07) is 9.81. The first-order valence-corrected chi connectivity index (χ1v) is 7.94. The zero-order chi connectivity index (χ0) is 15.5. The van der Waals surface area contributed by atoms with Crippen molar-refractivity contribution in [2.24, 2.45) is 0 Å². The van der Waals surface area contributed by atoms with Crippen molar-refractivity contribution >= 4 is 17.2 Å². The van der Waals surface area contributed by atoms with E-state index in [0.717, 1.165) is 16.7 Å². The topological polar surface area (TPSA) is 49.3 Å². The van der Waals surface area contributed by atoms with Gasteiger partial charge in [0.2, 0.25) is 5.91 Å². The van der Waals surface area contributed by atoms with Crippen LogP contribution in [0, 0.1) is 6.92 Å². The van der Waals surface area contributed by atoms with Gasteiger partial charge in [-0.25, -0.2) is 0 Å². The Morgan fingerprint density at radius 1 is 1.43 bits per heavy atom. The van der Waals surface area contributed by atoms with E-state index in [0.29, 0.717) is 0 Å². The molecule has 112 valence electrons. The average molecular weight is 303 g/mol. The van der Waals surface area contributed by atoms with E-state index in [9.17, 15) is 9.90 Å². The second kappa shape index (κ2) is 6.41. The highest BCUT2D eigenvalue weighted by Gasteiger charge is 2.25. The number of rotatable bonds is 5. The molecule has 0 aliphatic carbocycles. The smallest absolute Gasteiger partial charge is 0.227 e. The number of hydrogen-bond acceptors (Lipinski definition) is 3. The number of carbonyl (C=O) groups is 1. The van der Waals surface area contributed by atoms with E-state index in [1.165, 1.54) is 11.3 Å². The highest BCUT2D eigenvalue weighted by molar-refractivity contribution is 7.08. The Balaban J connectivity index is 1.98. The number of aryl methyl sites for hydroxylation is 1. The summed E-state index contributed by atoms with van der Waals surface area (Å²) in [6.45, 7) is 5.81. The Labute approximate surface area is 129 Å².